The lowest BCUT2D eigenvalue weighted by molar-refractivity contribution is 0.485. The summed E-state index contributed by atoms with van der Waals surface area (Å²) in [4.78, 5) is 0. The minimum Gasteiger partial charge on any atom is -0.464 e. The Morgan fingerprint density at radius 3 is 3.00 bits per heavy atom. The van der Waals surface area contributed by atoms with Crippen molar-refractivity contribution < 1.29 is 4.42 Å². The van der Waals surface area contributed by atoms with Gasteiger partial charge < -0.3 is 15.5 Å². The quantitative estimate of drug-likeness (QED) is 0.804. The fraction of sp³-hybridized carbons (Fsp3) is 0.429. The van der Waals surface area contributed by atoms with Gasteiger partial charge in [-0.3, -0.25) is 0 Å². The summed E-state index contributed by atoms with van der Waals surface area (Å²) in [6, 6.07) is 8.12. The molecule has 0 bridgehead atoms. The van der Waals surface area contributed by atoms with Gasteiger partial charge in [-0.1, -0.05) is 25.1 Å². The molecule has 3 N–H and O–H groups in total. The van der Waals surface area contributed by atoms with E-state index in [0.717, 1.165) is 31.6 Å². The number of para-hydroxylation sites is 1. The molecule has 0 radical (unpaired) electrons. The summed E-state index contributed by atoms with van der Waals surface area (Å²) >= 11 is 0. The molecule has 17 heavy (non-hydrogen) atoms. The van der Waals surface area contributed by atoms with Gasteiger partial charge in [0.25, 0.3) is 0 Å². The van der Waals surface area contributed by atoms with Crippen molar-refractivity contribution >= 4 is 11.0 Å². The van der Waals surface area contributed by atoms with Crippen LogP contribution >= 0.6 is 0 Å². The molecule has 0 spiro atoms. The first-order chi connectivity index (χ1) is 8.31. The smallest absolute Gasteiger partial charge is 0.134 e. The van der Waals surface area contributed by atoms with E-state index in [1.807, 2.05) is 24.5 Å². The summed E-state index contributed by atoms with van der Waals surface area (Å²) in [7, 11) is 0. The molecule has 1 atom stereocenters. The first-order valence-corrected chi connectivity index (χ1v) is 6.17. The molecule has 1 heterocycles. The van der Waals surface area contributed by atoms with E-state index in [0.29, 0.717) is 5.92 Å². The van der Waals surface area contributed by atoms with Gasteiger partial charge in [0, 0.05) is 17.5 Å². The standard InChI is InChI=1S/C14H20N2O/c1-11(6-7-15)8-16-9-12-10-17-14-5-3-2-4-13(12)14/h2-5,10-11,16H,6-9,15H2,1H3. The normalized spacial score (nSPS) is 13.1. The maximum Gasteiger partial charge on any atom is 0.134 e. The van der Waals surface area contributed by atoms with E-state index in [1.54, 1.807) is 0 Å². The topological polar surface area (TPSA) is 51.2 Å². The first-order valence-electron chi connectivity index (χ1n) is 6.17. The van der Waals surface area contributed by atoms with Crippen molar-refractivity contribution in [3.05, 3.63) is 36.1 Å². The SMILES string of the molecule is CC(CCN)CNCc1coc2ccccc12. The van der Waals surface area contributed by atoms with Gasteiger partial charge in [0.2, 0.25) is 0 Å². The molecule has 0 saturated carbocycles. The fourth-order valence-corrected chi connectivity index (χ4v) is 2.01. The molecule has 0 fully saturated rings. The number of nitrogens with one attached hydrogen (secondary N) is 1. The molecule has 0 saturated heterocycles. The zero-order chi connectivity index (χ0) is 12.1. The van der Waals surface area contributed by atoms with E-state index in [-0.39, 0.29) is 0 Å². The Morgan fingerprint density at radius 1 is 1.35 bits per heavy atom. The van der Waals surface area contributed by atoms with Crippen molar-refractivity contribution in [2.75, 3.05) is 13.1 Å². The van der Waals surface area contributed by atoms with Crippen LogP contribution < -0.4 is 11.1 Å². The van der Waals surface area contributed by atoms with Gasteiger partial charge in [-0.15, -0.1) is 0 Å². The molecule has 0 aliphatic heterocycles. The van der Waals surface area contributed by atoms with E-state index < -0.39 is 0 Å². The summed E-state index contributed by atoms with van der Waals surface area (Å²) in [5.41, 5.74) is 7.71. The Labute approximate surface area is 102 Å². The van der Waals surface area contributed by atoms with Gasteiger partial charge in [-0.2, -0.15) is 0 Å². The molecule has 1 aromatic heterocycles. The number of benzene rings is 1. The molecular formula is C14H20N2O. The highest BCUT2D eigenvalue weighted by Crippen LogP contribution is 2.20. The van der Waals surface area contributed by atoms with Crippen molar-refractivity contribution in [1.82, 2.24) is 5.32 Å². The van der Waals surface area contributed by atoms with Crippen molar-refractivity contribution in [2.24, 2.45) is 11.7 Å². The van der Waals surface area contributed by atoms with Gasteiger partial charge in [-0.05, 0) is 31.5 Å². The zero-order valence-electron chi connectivity index (χ0n) is 10.3. The second-order valence-electron chi connectivity index (χ2n) is 4.57. The minimum absolute atomic E-state index is 0.623. The third-order valence-corrected chi connectivity index (χ3v) is 3.03. The largest absolute Gasteiger partial charge is 0.464 e. The van der Waals surface area contributed by atoms with Gasteiger partial charge in [-0.25, -0.2) is 0 Å². The van der Waals surface area contributed by atoms with E-state index >= 15 is 0 Å². The Balaban J connectivity index is 1.91. The monoisotopic (exact) mass is 232 g/mol. The van der Waals surface area contributed by atoms with Crippen molar-refractivity contribution in [3.63, 3.8) is 0 Å². The van der Waals surface area contributed by atoms with E-state index in [2.05, 4.69) is 18.3 Å². The predicted octanol–water partition coefficient (Wildman–Crippen LogP) is 2.51. The maximum absolute atomic E-state index is 5.53. The van der Waals surface area contributed by atoms with Gasteiger partial charge in [0.15, 0.2) is 0 Å². The number of rotatable bonds is 6. The molecule has 92 valence electrons. The average molecular weight is 232 g/mol. The van der Waals surface area contributed by atoms with Crippen LogP contribution in [0.1, 0.15) is 18.9 Å². The van der Waals surface area contributed by atoms with Gasteiger partial charge >= 0.3 is 0 Å². The lowest BCUT2D eigenvalue weighted by Gasteiger charge is -2.10. The lowest BCUT2D eigenvalue weighted by Crippen LogP contribution is -2.22. The Bertz CT molecular complexity index is 464. The molecule has 0 aliphatic rings. The molecule has 0 amide bonds. The van der Waals surface area contributed by atoms with Crippen LogP contribution in [0.5, 0.6) is 0 Å². The van der Waals surface area contributed by atoms with Crippen LogP contribution in [-0.2, 0) is 6.54 Å². The molecule has 2 rings (SSSR count). The summed E-state index contributed by atoms with van der Waals surface area (Å²) in [6.45, 7) is 4.83. The average Bonchev–Trinajstić information content (AvgIpc) is 2.73. The molecular weight excluding hydrogens is 212 g/mol. The summed E-state index contributed by atoms with van der Waals surface area (Å²) < 4.78 is 5.49. The third-order valence-electron chi connectivity index (χ3n) is 3.03. The number of nitrogens with two attached hydrogens (primary N) is 1. The van der Waals surface area contributed by atoms with E-state index in [9.17, 15) is 0 Å². The molecule has 0 aliphatic carbocycles. The highest BCUT2D eigenvalue weighted by atomic mass is 16.3. The van der Waals surface area contributed by atoms with Crippen LogP contribution in [0.2, 0.25) is 0 Å². The number of hydrogen-bond acceptors (Lipinski definition) is 3. The Hall–Kier alpha value is -1.32. The molecule has 3 nitrogen and oxygen atoms in total. The summed E-state index contributed by atoms with van der Waals surface area (Å²) in [5.74, 6) is 0.623. The Kier molecular flexibility index (Phi) is 4.18. The minimum atomic E-state index is 0.623. The van der Waals surface area contributed by atoms with Crippen LogP contribution in [0.4, 0.5) is 0 Å². The van der Waals surface area contributed by atoms with Crippen LogP contribution in [0.15, 0.2) is 34.9 Å². The zero-order valence-corrected chi connectivity index (χ0v) is 10.3. The fourth-order valence-electron chi connectivity index (χ4n) is 2.01. The number of furan rings is 1. The van der Waals surface area contributed by atoms with Crippen LogP contribution in [0, 0.1) is 5.92 Å². The highest BCUT2D eigenvalue weighted by Gasteiger charge is 2.05. The van der Waals surface area contributed by atoms with Crippen molar-refractivity contribution in [1.29, 1.82) is 0 Å². The van der Waals surface area contributed by atoms with Crippen LogP contribution in [0.3, 0.4) is 0 Å². The summed E-state index contributed by atoms with van der Waals surface area (Å²) in [6.07, 6.45) is 2.91. The van der Waals surface area contributed by atoms with Crippen LogP contribution in [-0.4, -0.2) is 13.1 Å². The molecule has 1 unspecified atom stereocenters. The molecule has 3 heteroatoms. The van der Waals surface area contributed by atoms with E-state index in [1.165, 1.54) is 10.9 Å². The van der Waals surface area contributed by atoms with E-state index in [4.69, 9.17) is 10.2 Å². The molecule has 1 aromatic carbocycles. The Morgan fingerprint density at radius 2 is 2.18 bits per heavy atom. The lowest BCUT2D eigenvalue weighted by atomic mass is 10.1. The van der Waals surface area contributed by atoms with Crippen molar-refractivity contribution in [2.45, 2.75) is 19.9 Å². The molecule has 2 aromatic rings. The number of fused-ring (bicyclic) bond motifs is 1. The second-order valence-corrected chi connectivity index (χ2v) is 4.57. The summed E-state index contributed by atoms with van der Waals surface area (Å²) in [5, 5.41) is 4.65. The number of hydrogen-bond donors (Lipinski definition) is 2. The maximum atomic E-state index is 5.53. The first kappa shape index (κ1) is 12.1. The van der Waals surface area contributed by atoms with Gasteiger partial charge in [0.05, 0.1) is 6.26 Å². The van der Waals surface area contributed by atoms with Crippen LogP contribution in [0.25, 0.3) is 11.0 Å². The third kappa shape index (κ3) is 3.08. The second kappa shape index (κ2) is 5.84. The van der Waals surface area contributed by atoms with Crippen molar-refractivity contribution in [3.8, 4) is 0 Å². The predicted molar refractivity (Wildman–Crippen MR) is 70.8 cm³/mol. The highest BCUT2D eigenvalue weighted by molar-refractivity contribution is 5.80. The van der Waals surface area contributed by atoms with Gasteiger partial charge in [0.1, 0.15) is 5.58 Å².